The summed E-state index contributed by atoms with van der Waals surface area (Å²) in [6, 6.07) is 9.37. The van der Waals surface area contributed by atoms with E-state index in [9.17, 15) is 9.59 Å². The van der Waals surface area contributed by atoms with Crippen LogP contribution in [0.2, 0.25) is 0 Å². The molecule has 0 atom stereocenters. The van der Waals surface area contributed by atoms with Crippen LogP contribution in [-0.2, 0) is 17.6 Å². The molecule has 0 N–H and O–H groups in total. The lowest BCUT2D eigenvalue weighted by molar-refractivity contribution is 0.0302. The summed E-state index contributed by atoms with van der Waals surface area (Å²) in [4.78, 5) is 34.7. The second kappa shape index (κ2) is 7.55. The molecule has 1 aromatic heterocycles. The zero-order chi connectivity index (χ0) is 17.9. The van der Waals surface area contributed by atoms with E-state index in [2.05, 4.69) is 4.98 Å². The highest BCUT2D eigenvalue weighted by Crippen LogP contribution is 2.25. The lowest BCUT2D eigenvalue weighted by atomic mass is 10.2. The Balaban J connectivity index is 1.44. The van der Waals surface area contributed by atoms with Gasteiger partial charge in [-0.3, -0.25) is 9.59 Å². The molecule has 7 heteroatoms. The van der Waals surface area contributed by atoms with Gasteiger partial charge in [-0.2, -0.15) is 0 Å². The van der Waals surface area contributed by atoms with Gasteiger partial charge in [-0.1, -0.05) is 18.2 Å². The van der Waals surface area contributed by atoms with Crippen LogP contribution in [-0.4, -0.2) is 66.0 Å². The quantitative estimate of drug-likeness (QED) is 0.808. The number of amides is 2. The van der Waals surface area contributed by atoms with E-state index in [1.165, 1.54) is 11.3 Å². The van der Waals surface area contributed by atoms with Crippen LogP contribution in [0.15, 0.2) is 30.3 Å². The van der Waals surface area contributed by atoms with Crippen molar-refractivity contribution >= 4 is 23.2 Å². The standard InChI is InChI=1S/C19H21N3O3S/c23-18(14-4-2-1-3-5-14)21-8-6-15-16(7-9-21)26-17(20-15)19(24)22-10-12-25-13-11-22/h1-5H,6-13H2. The summed E-state index contributed by atoms with van der Waals surface area (Å²) in [5, 5.41) is 0.569. The lowest BCUT2D eigenvalue weighted by Gasteiger charge is -2.25. The maximum absolute atomic E-state index is 12.6. The molecule has 0 saturated carbocycles. The lowest BCUT2D eigenvalue weighted by Crippen LogP contribution is -2.40. The van der Waals surface area contributed by atoms with Crippen molar-refractivity contribution in [1.29, 1.82) is 0 Å². The number of nitrogens with zero attached hydrogens (tertiary/aromatic N) is 3. The third kappa shape index (κ3) is 3.50. The fourth-order valence-corrected chi connectivity index (χ4v) is 4.39. The van der Waals surface area contributed by atoms with Crippen LogP contribution in [0.25, 0.3) is 0 Å². The van der Waals surface area contributed by atoms with Crippen molar-refractivity contribution in [2.75, 3.05) is 39.4 Å². The van der Waals surface area contributed by atoms with Crippen molar-refractivity contribution in [3.63, 3.8) is 0 Å². The molecule has 0 aliphatic carbocycles. The second-order valence-corrected chi connectivity index (χ2v) is 7.54. The van der Waals surface area contributed by atoms with Gasteiger partial charge < -0.3 is 14.5 Å². The molecule has 1 saturated heterocycles. The molecule has 0 radical (unpaired) electrons. The summed E-state index contributed by atoms with van der Waals surface area (Å²) < 4.78 is 5.31. The Labute approximate surface area is 156 Å². The highest BCUT2D eigenvalue weighted by atomic mass is 32.1. The summed E-state index contributed by atoms with van der Waals surface area (Å²) in [5.41, 5.74) is 1.68. The van der Waals surface area contributed by atoms with Gasteiger partial charge in [0.1, 0.15) is 0 Å². The number of thiazole rings is 1. The van der Waals surface area contributed by atoms with Crippen molar-refractivity contribution in [1.82, 2.24) is 14.8 Å². The molecular weight excluding hydrogens is 350 g/mol. The Morgan fingerprint density at radius 2 is 1.62 bits per heavy atom. The molecule has 0 spiro atoms. The Hall–Kier alpha value is -2.25. The molecule has 0 unspecified atom stereocenters. The summed E-state index contributed by atoms with van der Waals surface area (Å²) in [6.07, 6.45) is 1.45. The zero-order valence-electron chi connectivity index (χ0n) is 14.5. The average molecular weight is 371 g/mol. The SMILES string of the molecule is O=C(c1ccccc1)N1CCc2nc(C(=O)N3CCOCC3)sc2CC1. The number of ether oxygens (including phenoxy) is 1. The minimum absolute atomic E-state index is 0.00333. The second-order valence-electron chi connectivity index (χ2n) is 6.45. The molecule has 6 nitrogen and oxygen atoms in total. The van der Waals surface area contributed by atoms with E-state index < -0.39 is 0 Å². The summed E-state index contributed by atoms with van der Waals surface area (Å²) in [7, 11) is 0. The first-order chi connectivity index (χ1) is 12.7. The van der Waals surface area contributed by atoms with E-state index in [1.54, 1.807) is 0 Å². The van der Waals surface area contributed by atoms with Gasteiger partial charge in [-0.25, -0.2) is 4.98 Å². The Morgan fingerprint density at radius 1 is 0.923 bits per heavy atom. The minimum atomic E-state index is 0.00333. The minimum Gasteiger partial charge on any atom is -0.378 e. The topological polar surface area (TPSA) is 62.7 Å². The third-order valence-electron chi connectivity index (χ3n) is 4.79. The first kappa shape index (κ1) is 17.2. The summed E-state index contributed by atoms with van der Waals surface area (Å²) in [6.45, 7) is 3.73. The van der Waals surface area contributed by atoms with Crippen LogP contribution in [0.1, 0.15) is 30.7 Å². The van der Waals surface area contributed by atoms with Crippen molar-refractivity contribution in [3.05, 3.63) is 51.5 Å². The van der Waals surface area contributed by atoms with E-state index in [0.29, 0.717) is 56.4 Å². The van der Waals surface area contributed by atoms with Gasteiger partial charge in [0.05, 0.1) is 18.9 Å². The Bertz CT molecular complexity index is 774. The molecule has 136 valence electrons. The third-order valence-corrected chi connectivity index (χ3v) is 5.94. The van der Waals surface area contributed by atoms with Crippen molar-refractivity contribution < 1.29 is 14.3 Å². The van der Waals surface area contributed by atoms with Gasteiger partial charge in [0.25, 0.3) is 11.8 Å². The van der Waals surface area contributed by atoms with Crippen LogP contribution in [0, 0.1) is 0 Å². The van der Waals surface area contributed by atoms with Gasteiger partial charge in [0.2, 0.25) is 0 Å². The van der Waals surface area contributed by atoms with Gasteiger partial charge in [0, 0.05) is 49.5 Å². The molecule has 3 heterocycles. The van der Waals surface area contributed by atoms with Crippen LogP contribution in [0.4, 0.5) is 0 Å². The highest BCUT2D eigenvalue weighted by molar-refractivity contribution is 7.13. The van der Waals surface area contributed by atoms with E-state index in [-0.39, 0.29) is 11.8 Å². The van der Waals surface area contributed by atoms with Gasteiger partial charge >= 0.3 is 0 Å². The van der Waals surface area contributed by atoms with E-state index in [0.717, 1.165) is 17.0 Å². The number of aromatic nitrogens is 1. The maximum Gasteiger partial charge on any atom is 0.283 e. The normalized spacial score (nSPS) is 17.5. The molecule has 2 amide bonds. The van der Waals surface area contributed by atoms with E-state index in [4.69, 9.17) is 4.74 Å². The number of carbonyl (C=O) groups is 2. The van der Waals surface area contributed by atoms with Gasteiger partial charge in [-0.15, -0.1) is 11.3 Å². The predicted molar refractivity (Wildman–Crippen MR) is 98.6 cm³/mol. The fourth-order valence-electron chi connectivity index (χ4n) is 3.32. The largest absolute Gasteiger partial charge is 0.378 e. The molecule has 1 fully saturated rings. The molecule has 26 heavy (non-hydrogen) atoms. The number of fused-ring (bicyclic) bond motifs is 1. The van der Waals surface area contributed by atoms with Crippen LogP contribution in [0.5, 0.6) is 0 Å². The first-order valence-electron chi connectivity index (χ1n) is 8.92. The van der Waals surface area contributed by atoms with Gasteiger partial charge in [-0.05, 0) is 12.1 Å². The number of rotatable bonds is 2. The summed E-state index contributed by atoms with van der Waals surface area (Å²) >= 11 is 1.48. The molecule has 2 aliphatic heterocycles. The molecule has 2 aromatic rings. The number of hydrogen-bond donors (Lipinski definition) is 0. The molecule has 4 rings (SSSR count). The number of benzene rings is 1. The van der Waals surface area contributed by atoms with Crippen LogP contribution < -0.4 is 0 Å². The Morgan fingerprint density at radius 3 is 2.38 bits per heavy atom. The molecule has 1 aromatic carbocycles. The number of carbonyl (C=O) groups excluding carboxylic acids is 2. The fraction of sp³-hybridized carbons (Fsp3) is 0.421. The molecular formula is C19H21N3O3S. The van der Waals surface area contributed by atoms with E-state index in [1.807, 2.05) is 40.1 Å². The summed E-state index contributed by atoms with van der Waals surface area (Å²) in [5.74, 6) is 0.0639. The molecule has 2 aliphatic rings. The predicted octanol–water partition coefficient (Wildman–Crippen LogP) is 1.86. The van der Waals surface area contributed by atoms with Gasteiger partial charge in [0.15, 0.2) is 5.01 Å². The van der Waals surface area contributed by atoms with Crippen LogP contribution >= 0.6 is 11.3 Å². The monoisotopic (exact) mass is 371 g/mol. The first-order valence-corrected chi connectivity index (χ1v) is 9.74. The van der Waals surface area contributed by atoms with Crippen LogP contribution in [0.3, 0.4) is 0 Å². The van der Waals surface area contributed by atoms with E-state index >= 15 is 0 Å². The number of hydrogen-bond acceptors (Lipinski definition) is 5. The zero-order valence-corrected chi connectivity index (χ0v) is 15.3. The van der Waals surface area contributed by atoms with Crippen molar-refractivity contribution in [3.8, 4) is 0 Å². The highest BCUT2D eigenvalue weighted by Gasteiger charge is 2.26. The smallest absolute Gasteiger partial charge is 0.283 e. The van der Waals surface area contributed by atoms with Crippen molar-refractivity contribution in [2.45, 2.75) is 12.8 Å². The number of morpholine rings is 1. The molecule has 0 bridgehead atoms. The maximum atomic E-state index is 12.6. The Kier molecular flexibility index (Phi) is 4.99. The average Bonchev–Trinajstić information content (AvgIpc) is 3.01. The van der Waals surface area contributed by atoms with Crippen molar-refractivity contribution in [2.24, 2.45) is 0 Å².